The van der Waals surface area contributed by atoms with Gasteiger partial charge in [0, 0.05) is 29.6 Å². The number of carbonyl (C=O) groups excluding carboxylic acids is 1. The molecule has 1 aromatic carbocycles. The minimum absolute atomic E-state index is 0.0265. The number of imidazole rings is 1. The predicted molar refractivity (Wildman–Crippen MR) is 91.1 cm³/mol. The van der Waals surface area contributed by atoms with E-state index in [1.807, 2.05) is 34.9 Å². The van der Waals surface area contributed by atoms with Crippen LogP contribution in [0.4, 0.5) is 0 Å². The van der Waals surface area contributed by atoms with Crippen LogP contribution in [0.2, 0.25) is 5.02 Å². The fourth-order valence-corrected chi connectivity index (χ4v) is 3.84. The minimum Gasteiger partial charge on any atom is -0.454 e. The van der Waals surface area contributed by atoms with E-state index >= 15 is 0 Å². The topological polar surface area (TPSA) is 64.9 Å². The Hall–Kier alpha value is -2.73. The van der Waals surface area contributed by atoms with Gasteiger partial charge in [0.2, 0.25) is 12.7 Å². The van der Waals surface area contributed by atoms with Crippen LogP contribution in [0.25, 0.3) is 5.65 Å². The molecule has 7 heteroatoms. The maximum atomic E-state index is 12.3. The molecule has 2 aliphatic rings. The largest absolute Gasteiger partial charge is 0.454 e. The zero-order valence-electron chi connectivity index (χ0n) is 13.2. The molecule has 0 radical (unpaired) electrons. The van der Waals surface area contributed by atoms with E-state index in [-0.39, 0.29) is 18.6 Å². The molecule has 0 fully saturated rings. The van der Waals surface area contributed by atoms with Crippen LogP contribution >= 0.6 is 11.6 Å². The summed E-state index contributed by atoms with van der Waals surface area (Å²) in [5.41, 5.74) is 3.53. The Morgan fingerprint density at radius 1 is 1.24 bits per heavy atom. The van der Waals surface area contributed by atoms with E-state index in [0.29, 0.717) is 29.5 Å². The lowest BCUT2D eigenvalue weighted by Gasteiger charge is -2.17. The van der Waals surface area contributed by atoms with Crippen molar-refractivity contribution in [2.75, 3.05) is 6.79 Å². The second-order valence-corrected chi connectivity index (χ2v) is 6.54. The quantitative estimate of drug-likeness (QED) is 0.729. The van der Waals surface area contributed by atoms with Gasteiger partial charge in [0.1, 0.15) is 5.65 Å². The van der Waals surface area contributed by atoms with Crippen molar-refractivity contribution in [1.82, 2.24) is 14.7 Å². The maximum absolute atomic E-state index is 12.3. The van der Waals surface area contributed by atoms with Crippen LogP contribution in [0.15, 0.2) is 36.5 Å². The normalized spacial score (nSPS) is 18.8. The third kappa shape index (κ3) is 2.25. The predicted octanol–water partition coefficient (Wildman–Crippen LogP) is 2.87. The summed E-state index contributed by atoms with van der Waals surface area (Å²) in [4.78, 5) is 16.9. The van der Waals surface area contributed by atoms with E-state index in [9.17, 15) is 4.79 Å². The van der Waals surface area contributed by atoms with E-state index in [0.717, 1.165) is 22.6 Å². The molecule has 1 atom stereocenters. The molecular weight excluding hydrogens is 342 g/mol. The first-order valence-corrected chi connectivity index (χ1v) is 8.40. The van der Waals surface area contributed by atoms with E-state index in [2.05, 4.69) is 10.3 Å². The fourth-order valence-electron chi connectivity index (χ4n) is 3.56. The number of aromatic nitrogens is 2. The van der Waals surface area contributed by atoms with Crippen LogP contribution in [-0.2, 0) is 11.3 Å². The van der Waals surface area contributed by atoms with Gasteiger partial charge in [-0.15, -0.1) is 0 Å². The van der Waals surface area contributed by atoms with Gasteiger partial charge in [0.05, 0.1) is 17.9 Å². The summed E-state index contributed by atoms with van der Waals surface area (Å²) in [6, 6.07) is 9.48. The lowest BCUT2D eigenvalue weighted by molar-refractivity contribution is -0.121. The van der Waals surface area contributed by atoms with Crippen LogP contribution in [0.5, 0.6) is 11.5 Å². The number of nitrogens with zero attached hydrogens (tertiary/aromatic N) is 2. The number of rotatable bonds is 1. The maximum Gasteiger partial charge on any atom is 0.231 e. The van der Waals surface area contributed by atoms with Crippen molar-refractivity contribution in [2.24, 2.45) is 0 Å². The average Bonchev–Trinajstić information content (AvgIpc) is 3.17. The van der Waals surface area contributed by atoms with Crippen molar-refractivity contribution in [3.05, 3.63) is 58.5 Å². The fraction of sp³-hybridized carbons (Fsp3) is 0.222. The third-order valence-electron chi connectivity index (χ3n) is 4.68. The number of amides is 1. The van der Waals surface area contributed by atoms with E-state index in [1.54, 1.807) is 6.07 Å². The Morgan fingerprint density at radius 3 is 2.96 bits per heavy atom. The highest BCUT2D eigenvalue weighted by Gasteiger charge is 2.31. The van der Waals surface area contributed by atoms with E-state index in [1.165, 1.54) is 0 Å². The van der Waals surface area contributed by atoms with Crippen LogP contribution < -0.4 is 14.8 Å². The van der Waals surface area contributed by atoms with Crippen LogP contribution in [-0.4, -0.2) is 22.1 Å². The number of fused-ring (bicyclic) bond motifs is 4. The van der Waals surface area contributed by atoms with Gasteiger partial charge in [0.25, 0.3) is 0 Å². The Labute approximate surface area is 148 Å². The molecule has 2 aromatic heterocycles. The van der Waals surface area contributed by atoms with Gasteiger partial charge >= 0.3 is 0 Å². The number of carbonyl (C=O) groups is 1. The molecule has 0 saturated heterocycles. The van der Waals surface area contributed by atoms with Gasteiger partial charge in [0.15, 0.2) is 11.5 Å². The summed E-state index contributed by atoms with van der Waals surface area (Å²) >= 11 is 6.53. The number of ether oxygens (including phenoxy) is 2. The molecule has 1 amide bonds. The van der Waals surface area contributed by atoms with Gasteiger partial charge in [-0.2, -0.15) is 0 Å². The lowest BCUT2D eigenvalue weighted by Crippen LogP contribution is -2.21. The van der Waals surface area contributed by atoms with E-state index in [4.69, 9.17) is 21.1 Å². The molecule has 0 spiro atoms. The molecule has 4 heterocycles. The Kier molecular flexibility index (Phi) is 3.15. The Balaban J connectivity index is 1.74. The van der Waals surface area contributed by atoms with Crippen molar-refractivity contribution >= 4 is 23.2 Å². The molecule has 25 heavy (non-hydrogen) atoms. The number of hydrogen-bond donors (Lipinski definition) is 1. The minimum atomic E-state index is -0.211. The van der Waals surface area contributed by atoms with Crippen molar-refractivity contribution in [3.8, 4) is 11.5 Å². The molecule has 6 nitrogen and oxygen atoms in total. The van der Waals surface area contributed by atoms with Gasteiger partial charge in [-0.1, -0.05) is 17.7 Å². The van der Waals surface area contributed by atoms with Gasteiger partial charge in [-0.25, -0.2) is 4.98 Å². The zero-order chi connectivity index (χ0) is 17.0. The molecule has 0 aliphatic carbocycles. The van der Waals surface area contributed by atoms with Crippen molar-refractivity contribution in [2.45, 2.75) is 18.9 Å². The van der Waals surface area contributed by atoms with Crippen molar-refractivity contribution in [3.63, 3.8) is 0 Å². The number of nitrogens with one attached hydrogen (secondary N) is 1. The van der Waals surface area contributed by atoms with Gasteiger partial charge in [-0.3, -0.25) is 4.79 Å². The highest BCUT2D eigenvalue weighted by molar-refractivity contribution is 6.31. The van der Waals surface area contributed by atoms with Crippen molar-refractivity contribution < 1.29 is 14.3 Å². The molecule has 0 bridgehead atoms. The van der Waals surface area contributed by atoms with E-state index < -0.39 is 0 Å². The molecule has 126 valence electrons. The first-order valence-electron chi connectivity index (χ1n) is 8.02. The number of hydrogen-bond acceptors (Lipinski definition) is 4. The second-order valence-electron chi connectivity index (χ2n) is 6.13. The smallest absolute Gasteiger partial charge is 0.231 e. The van der Waals surface area contributed by atoms with Crippen molar-refractivity contribution in [1.29, 1.82) is 0 Å². The monoisotopic (exact) mass is 355 g/mol. The summed E-state index contributed by atoms with van der Waals surface area (Å²) < 4.78 is 12.9. The van der Waals surface area contributed by atoms with Gasteiger partial charge in [-0.05, 0) is 23.8 Å². The molecular formula is C18H14ClN3O3. The molecule has 3 aromatic rings. The summed E-state index contributed by atoms with van der Waals surface area (Å²) in [7, 11) is 0. The Bertz CT molecular complexity index is 1010. The Morgan fingerprint density at radius 2 is 2.08 bits per heavy atom. The van der Waals surface area contributed by atoms with Crippen LogP contribution in [0.1, 0.15) is 29.3 Å². The highest BCUT2D eigenvalue weighted by atomic mass is 35.5. The average molecular weight is 356 g/mol. The van der Waals surface area contributed by atoms with Gasteiger partial charge < -0.3 is 19.2 Å². The SMILES string of the molecule is O=C1CC(c2cc3c(cc2Cl)OCO3)c2c(nc3ccccn23)CN1. The summed E-state index contributed by atoms with van der Waals surface area (Å²) in [6.45, 7) is 0.593. The lowest BCUT2D eigenvalue weighted by atomic mass is 9.91. The number of halogens is 1. The molecule has 0 saturated carbocycles. The zero-order valence-corrected chi connectivity index (χ0v) is 13.9. The molecule has 5 rings (SSSR count). The molecule has 1 unspecified atom stereocenters. The summed E-state index contributed by atoms with van der Waals surface area (Å²) in [5, 5.41) is 3.48. The standard InChI is InChI=1S/C18H14ClN3O3/c19-12-7-15-14(24-9-25-15)5-10(12)11-6-17(23)20-8-13-18(11)22-4-2-1-3-16(22)21-13/h1-5,7,11H,6,8-9H2,(H,20,23). The van der Waals surface area contributed by atoms with Crippen LogP contribution in [0, 0.1) is 0 Å². The number of benzene rings is 1. The first kappa shape index (κ1) is 14.6. The number of pyridine rings is 1. The van der Waals surface area contributed by atoms with Crippen LogP contribution in [0.3, 0.4) is 0 Å². The summed E-state index contributed by atoms with van der Waals surface area (Å²) in [5.74, 6) is 1.04. The highest BCUT2D eigenvalue weighted by Crippen LogP contribution is 2.43. The second kappa shape index (κ2) is 5.39. The third-order valence-corrected chi connectivity index (χ3v) is 5.01. The summed E-state index contributed by atoms with van der Waals surface area (Å²) in [6.07, 6.45) is 2.26. The molecule has 2 aliphatic heterocycles. The molecule has 1 N–H and O–H groups in total. The first-order chi connectivity index (χ1) is 12.2.